The molecule has 2 aromatic rings. The first-order valence-corrected chi connectivity index (χ1v) is 7.48. The third kappa shape index (κ3) is 3.09. The van der Waals surface area contributed by atoms with E-state index >= 15 is 0 Å². The van der Waals surface area contributed by atoms with Crippen LogP contribution in [-0.4, -0.2) is 65.1 Å². The van der Waals surface area contributed by atoms with E-state index in [1.165, 1.54) is 0 Å². The number of benzene rings is 1. The zero-order valence-electron chi connectivity index (χ0n) is 12.1. The minimum Gasteiger partial charge on any atom is -0.396 e. The number of carbonyl (C=O) groups is 1. The van der Waals surface area contributed by atoms with Gasteiger partial charge in [-0.1, -0.05) is 18.2 Å². The van der Waals surface area contributed by atoms with Crippen LogP contribution in [0.15, 0.2) is 30.3 Å². The van der Waals surface area contributed by atoms with Gasteiger partial charge in [0.1, 0.15) is 5.69 Å². The summed E-state index contributed by atoms with van der Waals surface area (Å²) >= 11 is 0. The van der Waals surface area contributed by atoms with Crippen molar-refractivity contribution in [1.82, 2.24) is 14.8 Å². The predicted octanol–water partition coefficient (Wildman–Crippen LogP) is 1.31. The van der Waals surface area contributed by atoms with Crippen molar-refractivity contribution in [2.75, 3.05) is 39.3 Å². The van der Waals surface area contributed by atoms with Crippen molar-refractivity contribution in [3.63, 3.8) is 0 Å². The number of fused-ring (bicyclic) bond motifs is 1. The Morgan fingerprint density at radius 3 is 2.67 bits per heavy atom. The van der Waals surface area contributed by atoms with Crippen molar-refractivity contribution in [3.8, 4) is 0 Å². The summed E-state index contributed by atoms with van der Waals surface area (Å²) in [5.41, 5.74) is 1.67. The lowest BCUT2D eigenvalue weighted by Crippen LogP contribution is -2.49. The van der Waals surface area contributed by atoms with Crippen molar-refractivity contribution >= 4 is 16.8 Å². The SMILES string of the molecule is O=C(c1cc2ccccc2[nH]1)N1CCN(CCCO)CC1. The van der Waals surface area contributed by atoms with Crippen LogP contribution in [0.1, 0.15) is 16.9 Å². The van der Waals surface area contributed by atoms with E-state index in [9.17, 15) is 4.79 Å². The quantitative estimate of drug-likeness (QED) is 0.891. The zero-order valence-corrected chi connectivity index (χ0v) is 12.1. The normalized spacial score (nSPS) is 16.5. The van der Waals surface area contributed by atoms with Gasteiger partial charge in [0.15, 0.2) is 0 Å². The van der Waals surface area contributed by atoms with Crippen LogP contribution in [0, 0.1) is 0 Å². The second-order valence-corrected chi connectivity index (χ2v) is 5.48. The molecule has 21 heavy (non-hydrogen) atoms. The average molecular weight is 287 g/mol. The standard InChI is InChI=1S/C16H21N3O2/c20-11-3-6-18-7-9-19(10-8-18)16(21)15-12-13-4-1-2-5-14(13)17-15/h1-2,4-5,12,17,20H,3,6-11H2. The molecule has 0 radical (unpaired) electrons. The summed E-state index contributed by atoms with van der Waals surface area (Å²) in [6.07, 6.45) is 0.802. The topological polar surface area (TPSA) is 59.6 Å². The molecule has 1 aliphatic rings. The number of hydrogen-bond acceptors (Lipinski definition) is 3. The van der Waals surface area contributed by atoms with E-state index in [1.54, 1.807) is 0 Å². The monoisotopic (exact) mass is 287 g/mol. The van der Waals surface area contributed by atoms with Gasteiger partial charge in [-0.15, -0.1) is 0 Å². The Kier molecular flexibility index (Phi) is 4.22. The van der Waals surface area contributed by atoms with Crippen LogP contribution in [0.2, 0.25) is 0 Å². The molecule has 1 aromatic heterocycles. The van der Waals surface area contributed by atoms with Gasteiger partial charge >= 0.3 is 0 Å². The molecule has 5 nitrogen and oxygen atoms in total. The van der Waals surface area contributed by atoms with Gasteiger partial charge in [0.2, 0.25) is 0 Å². The maximum Gasteiger partial charge on any atom is 0.270 e. The third-order valence-electron chi connectivity index (χ3n) is 4.05. The molecule has 0 atom stereocenters. The smallest absolute Gasteiger partial charge is 0.270 e. The summed E-state index contributed by atoms with van der Waals surface area (Å²) in [4.78, 5) is 19.9. The number of aromatic nitrogens is 1. The lowest BCUT2D eigenvalue weighted by molar-refractivity contribution is 0.0624. The van der Waals surface area contributed by atoms with Crippen LogP contribution in [0.5, 0.6) is 0 Å². The molecule has 0 saturated carbocycles. The fourth-order valence-corrected chi connectivity index (χ4v) is 2.83. The number of aromatic amines is 1. The second-order valence-electron chi connectivity index (χ2n) is 5.48. The highest BCUT2D eigenvalue weighted by Gasteiger charge is 2.22. The molecule has 0 bridgehead atoms. The van der Waals surface area contributed by atoms with Gasteiger partial charge < -0.3 is 15.0 Å². The maximum absolute atomic E-state index is 12.5. The molecule has 1 aliphatic heterocycles. The highest BCUT2D eigenvalue weighted by molar-refractivity contribution is 5.98. The number of H-pyrrole nitrogens is 1. The number of para-hydroxylation sites is 1. The van der Waals surface area contributed by atoms with Gasteiger partial charge in [-0.3, -0.25) is 9.69 Å². The van der Waals surface area contributed by atoms with Crippen LogP contribution >= 0.6 is 0 Å². The molecule has 0 aliphatic carbocycles. The Morgan fingerprint density at radius 2 is 1.95 bits per heavy atom. The lowest BCUT2D eigenvalue weighted by Gasteiger charge is -2.34. The van der Waals surface area contributed by atoms with Crippen LogP contribution < -0.4 is 0 Å². The highest BCUT2D eigenvalue weighted by atomic mass is 16.3. The minimum absolute atomic E-state index is 0.0769. The zero-order chi connectivity index (χ0) is 14.7. The van der Waals surface area contributed by atoms with Gasteiger partial charge in [-0.05, 0) is 18.6 Å². The molecular weight excluding hydrogens is 266 g/mol. The number of nitrogens with one attached hydrogen (secondary N) is 1. The molecule has 3 rings (SSSR count). The summed E-state index contributed by atoms with van der Waals surface area (Å²) in [6.45, 7) is 4.40. The van der Waals surface area contributed by atoms with Gasteiger partial charge in [-0.25, -0.2) is 0 Å². The lowest BCUT2D eigenvalue weighted by atomic mass is 10.2. The summed E-state index contributed by atoms with van der Waals surface area (Å²) in [7, 11) is 0. The molecular formula is C16H21N3O2. The van der Waals surface area contributed by atoms with E-state index in [0.29, 0.717) is 5.69 Å². The molecule has 5 heteroatoms. The van der Waals surface area contributed by atoms with E-state index in [1.807, 2.05) is 35.2 Å². The third-order valence-corrected chi connectivity index (χ3v) is 4.05. The Hall–Kier alpha value is -1.85. The Bertz CT molecular complexity index is 582. The first-order valence-electron chi connectivity index (χ1n) is 7.48. The van der Waals surface area contributed by atoms with Gasteiger partial charge in [0, 0.05) is 50.2 Å². The van der Waals surface area contributed by atoms with Crippen molar-refractivity contribution in [1.29, 1.82) is 0 Å². The van der Waals surface area contributed by atoms with E-state index in [-0.39, 0.29) is 12.5 Å². The molecule has 1 fully saturated rings. The van der Waals surface area contributed by atoms with Crippen LogP contribution in [0.25, 0.3) is 10.9 Å². The van der Waals surface area contributed by atoms with Crippen molar-refractivity contribution in [2.45, 2.75) is 6.42 Å². The first-order chi connectivity index (χ1) is 10.3. The van der Waals surface area contributed by atoms with Gasteiger partial charge in [0.25, 0.3) is 5.91 Å². The number of nitrogens with zero attached hydrogens (tertiary/aromatic N) is 2. The number of piperazine rings is 1. The maximum atomic E-state index is 12.5. The summed E-state index contributed by atoms with van der Waals surface area (Å²) < 4.78 is 0. The number of aliphatic hydroxyl groups excluding tert-OH is 1. The van der Waals surface area contributed by atoms with Crippen molar-refractivity contribution in [2.24, 2.45) is 0 Å². The molecule has 2 N–H and O–H groups in total. The Morgan fingerprint density at radius 1 is 1.19 bits per heavy atom. The highest BCUT2D eigenvalue weighted by Crippen LogP contribution is 2.16. The molecule has 1 saturated heterocycles. The molecule has 2 heterocycles. The largest absolute Gasteiger partial charge is 0.396 e. The van der Waals surface area contributed by atoms with Crippen LogP contribution in [0.3, 0.4) is 0 Å². The van der Waals surface area contributed by atoms with E-state index < -0.39 is 0 Å². The van der Waals surface area contributed by atoms with Crippen LogP contribution in [0.4, 0.5) is 0 Å². The number of rotatable bonds is 4. The van der Waals surface area contributed by atoms with Gasteiger partial charge in [-0.2, -0.15) is 0 Å². The minimum atomic E-state index is 0.0769. The first kappa shape index (κ1) is 14.1. The molecule has 0 unspecified atom stereocenters. The predicted molar refractivity (Wildman–Crippen MR) is 82.3 cm³/mol. The van der Waals surface area contributed by atoms with Gasteiger partial charge in [0.05, 0.1) is 0 Å². The molecule has 112 valence electrons. The fourth-order valence-electron chi connectivity index (χ4n) is 2.83. The van der Waals surface area contributed by atoms with E-state index in [4.69, 9.17) is 5.11 Å². The molecule has 1 amide bonds. The summed E-state index contributed by atoms with van der Waals surface area (Å²) in [5.74, 6) is 0.0769. The fraction of sp³-hybridized carbons (Fsp3) is 0.438. The van der Waals surface area contributed by atoms with Crippen molar-refractivity contribution in [3.05, 3.63) is 36.0 Å². The molecule has 0 spiro atoms. The number of aliphatic hydroxyl groups is 1. The van der Waals surface area contributed by atoms with Crippen molar-refractivity contribution < 1.29 is 9.90 Å². The summed E-state index contributed by atoms with van der Waals surface area (Å²) in [6, 6.07) is 9.86. The molecule has 1 aromatic carbocycles. The number of carbonyl (C=O) groups excluding carboxylic acids is 1. The van der Waals surface area contributed by atoms with E-state index in [0.717, 1.165) is 50.0 Å². The number of amides is 1. The average Bonchev–Trinajstić information content (AvgIpc) is 2.96. The summed E-state index contributed by atoms with van der Waals surface area (Å²) in [5, 5.41) is 9.93. The second kappa shape index (κ2) is 6.28. The number of hydrogen-bond donors (Lipinski definition) is 2. The van der Waals surface area contributed by atoms with E-state index in [2.05, 4.69) is 9.88 Å². The Labute approximate surface area is 124 Å². The van der Waals surface area contributed by atoms with Crippen LogP contribution in [-0.2, 0) is 0 Å². The Balaban J connectivity index is 1.63.